The van der Waals surface area contributed by atoms with Gasteiger partial charge in [-0.2, -0.15) is 0 Å². The second-order valence-electron chi connectivity index (χ2n) is 23.7. The number of aliphatic hydroxyl groups is 2. The third-order valence-corrected chi connectivity index (χ3v) is 17.8. The Bertz CT molecular complexity index is 3100. The molecule has 13 atom stereocenters. The number of amides is 2. The molecule has 0 aromatic heterocycles. The van der Waals surface area contributed by atoms with Crippen LogP contribution < -0.4 is 22.1 Å². The predicted octanol–water partition coefficient (Wildman–Crippen LogP) is 5.57. The van der Waals surface area contributed by atoms with Crippen LogP contribution in [0.15, 0.2) is 119 Å². The number of nitrogens with zero attached hydrogens (tertiary/aromatic N) is 1. The zero-order valence-corrected chi connectivity index (χ0v) is 48.9. The van der Waals surface area contributed by atoms with Gasteiger partial charge >= 0.3 is 30.0 Å². The van der Waals surface area contributed by atoms with E-state index in [1.54, 1.807) is 78.9 Å². The Kier molecular flexibility index (Phi) is 19.1. The lowest BCUT2D eigenvalue weighted by molar-refractivity contribution is -0.346. The van der Waals surface area contributed by atoms with E-state index in [1.165, 1.54) is 52.0 Å². The molecule has 2 amide bonds. The maximum atomic E-state index is 15.9. The molecule has 8 N–H and O–H groups in total. The number of ketones is 1. The summed E-state index contributed by atoms with van der Waals surface area (Å²) in [6.45, 7) is 10.4. The summed E-state index contributed by atoms with van der Waals surface area (Å²) in [5.74, 6) is -7.49. The van der Waals surface area contributed by atoms with E-state index in [4.69, 9.17) is 44.6 Å². The summed E-state index contributed by atoms with van der Waals surface area (Å²) >= 11 is 0. The number of carbonyl (C=O) groups excluding carboxylic acids is 8. The van der Waals surface area contributed by atoms with Gasteiger partial charge in [-0.05, 0) is 99.4 Å². The maximum absolute atomic E-state index is 15.9. The number of nitrogens with two attached hydrogens (primary N) is 2. The third-order valence-electron chi connectivity index (χ3n) is 17.8. The highest BCUT2D eigenvalue weighted by Crippen LogP contribution is 2.64. The van der Waals surface area contributed by atoms with Crippen molar-refractivity contribution in [2.24, 2.45) is 38.6 Å². The molecule has 5 aliphatic rings. The normalized spacial score (nSPS) is 30.3. The number of carbonyl (C=O) groups is 8. The third kappa shape index (κ3) is 12.9. The highest BCUT2D eigenvalue weighted by atomic mass is 16.7. The van der Waals surface area contributed by atoms with Crippen molar-refractivity contribution in [3.8, 4) is 0 Å². The lowest BCUT2D eigenvalue weighted by Crippen LogP contribution is -2.82. The number of ether oxygens (including phenoxy) is 7. The minimum Gasteiger partial charge on any atom is -0.455 e. The molecule has 456 valence electrons. The van der Waals surface area contributed by atoms with Crippen LogP contribution >= 0.6 is 0 Å². The first-order valence-electron chi connectivity index (χ1n) is 28.7. The van der Waals surface area contributed by atoms with E-state index in [9.17, 15) is 39.0 Å². The Morgan fingerprint density at radius 2 is 1.47 bits per heavy atom. The van der Waals surface area contributed by atoms with Gasteiger partial charge in [0.25, 0.3) is 5.91 Å². The SMILES string of the molecule is CC(=O)O[C@H]1C(=O)[C@]2(C)[C@@H](O)CC3OC[C@@]3(OC(C)=O)[C@H]2[C@H](OC(=O)c2ccccc2)[C@]2(O)C[C@H](OC(=O)[C@H](OC(=O)O[C@H]3/C=C/CC[C@@](C)(C(=O)NCCCCN=C(N)N)CC3)[C@@H](NC(=O)c3ccccc3)c3ccccc3)C(C)=C1C2(C)C. The summed E-state index contributed by atoms with van der Waals surface area (Å²) in [5.41, 5.74) is 2.18. The highest BCUT2D eigenvalue weighted by molar-refractivity contribution is 5.96. The fraction of sp³-hybridized carbons (Fsp3) is 0.508. The number of aliphatic hydroxyl groups excluding tert-OH is 1. The van der Waals surface area contributed by atoms with Crippen molar-refractivity contribution in [3.63, 3.8) is 0 Å². The second kappa shape index (κ2) is 25.7. The summed E-state index contributed by atoms with van der Waals surface area (Å²) in [5, 5.41) is 32.3. The van der Waals surface area contributed by atoms with Crippen molar-refractivity contribution < 1.29 is 81.7 Å². The number of esters is 4. The minimum absolute atomic E-state index is 0.0154. The molecule has 1 aliphatic heterocycles. The van der Waals surface area contributed by atoms with Crippen molar-refractivity contribution in [2.45, 2.75) is 160 Å². The summed E-state index contributed by atoms with van der Waals surface area (Å²) in [6, 6.07) is 22.4. The van der Waals surface area contributed by atoms with Crippen molar-refractivity contribution in [1.29, 1.82) is 0 Å². The predicted molar refractivity (Wildman–Crippen MR) is 305 cm³/mol. The summed E-state index contributed by atoms with van der Waals surface area (Å²) in [4.78, 5) is 119. The smallest absolute Gasteiger partial charge is 0.455 e. The topological polar surface area (TPSA) is 330 Å². The second-order valence-corrected chi connectivity index (χ2v) is 23.7. The average Bonchev–Trinajstić information content (AvgIpc) is 0.689. The number of nitrogens with one attached hydrogen (secondary N) is 2. The fourth-order valence-corrected chi connectivity index (χ4v) is 13.1. The van der Waals surface area contributed by atoms with Gasteiger partial charge in [-0.3, -0.25) is 29.0 Å². The zero-order chi connectivity index (χ0) is 61.6. The lowest BCUT2D eigenvalue weighted by Gasteiger charge is -2.67. The van der Waals surface area contributed by atoms with Gasteiger partial charge in [-0.1, -0.05) is 93.6 Å². The Balaban J connectivity index is 1.20. The van der Waals surface area contributed by atoms with Crippen LogP contribution in [0.2, 0.25) is 0 Å². The van der Waals surface area contributed by atoms with Gasteiger partial charge in [0.2, 0.25) is 12.0 Å². The summed E-state index contributed by atoms with van der Waals surface area (Å²) < 4.78 is 43.1. The summed E-state index contributed by atoms with van der Waals surface area (Å²) in [7, 11) is 0. The first-order chi connectivity index (χ1) is 40.3. The molecule has 1 unspecified atom stereocenters. The molecular weight excluding hydrogens is 1100 g/mol. The number of aliphatic imine (C=N–C) groups is 1. The molecule has 1 heterocycles. The van der Waals surface area contributed by atoms with Crippen LogP contribution in [0.3, 0.4) is 0 Å². The van der Waals surface area contributed by atoms with E-state index in [-0.39, 0.29) is 65.6 Å². The van der Waals surface area contributed by atoms with Crippen LogP contribution in [0.25, 0.3) is 0 Å². The number of benzene rings is 3. The number of Topliss-reactive ketones (excluding diaryl/α,β-unsaturated/α-hetero) is 1. The van der Waals surface area contributed by atoms with Crippen LogP contribution in [0.5, 0.6) is 0 Å². The largest absolute Gasteiger partial charge is 0.509 e. The Morgan fingerprint density at radius 3 is 2.08 bits per heavy atom. The first kappa shape index (κ1) is 63.1. The van der Waals surface area contributed by atoms with Crippen molar-refractivity contribution in [1.82, 2.24) is 10.6 Å². The van der Waals surface area contributed by atoms with Crippen LogP contribution in [0, 0.1) is 22.2 Å². The van der Waals surface area contributed by atoms with E-state index in [1.807, 2.05) is 6.92 Å². The molecule has 3 aromatic carbocycles. The summed E-state index contributed by atoms with van der Waals surface area (Å²) in [6.07, 6.45) is -7.46. The van der Waals surface area contributed by atoms with Crippen molar-refractivity contribution in [3.05, 3.63) is 131 Å². The van der Waals surface area contributed by atoms with E-state index in [0.717, 1.165) is 13.8 Å². The zero-order valence-electron chi connectivity index (χ0n) is 48.9. The molecule has 1 saturated heterocycles. The molecule has 3 aromatic rings. The first-order valence-corrected chi connectivity index (χ1v) is 28.7. The maximum Gasteiger partial charge on any atom is 0.509 e. The molecule has 4 aliphatic carbocycles. The van der Waals surface area contributed by atoms with Gasteiger partial charge in [0.05, 0.1) is 29.6 Å². The number of fused-ring (bicyclic) bond motifs is 5. The van der Waals surface area contributed by atoms with Crippen LogP contribution in [0.4, 0.5) is 4.79 Å². The molecule has 2 saturated carbocycles. The Morgan fingerprint density at radius 1 is 0.824 bits per heavy atom. The average molecular weight is 1180 g/mol. The molecule has 2 bridgehead atoms. The van der Waals surface area contributed by atoms with E-state index in [2.05, 4.69) is 15.6 Å². The highest BCUT2D eigenvalue weighted by Gasteiger charge is 2.78. The molecule has 22 nitrogen and oxygen atoms in total. The number of allylic oxidation sites excluding steroid dienone is 1. The molecule has 8 rings (SSSR count). The molecule has 85 heavy (non-hydrogen) atoms. The van der Waals surface area contributed by atoms with Gasteiger partial charge in [0.15, 0.2) is 23.4 Å². The van der Waals surface area contributed by atoms with Gasteiger partial charge in [-0.25, -0.2) is 14.4 Å². The minimum atomic E-state index is -2.52. The van der Waals surface area contributed by atoms with Gasteiger partial charge in [0.1, 0.15) is 36.1 Å². The standard InChI is InChI=1S/C63H77N5O17/c1-36-43(34-63(78)52(84-54(74)41-25-15-10-16-26-41)50-61(7,44(71)33-45-62(50,35-79-45)85-38(3)70)51(72)48(80-37(2)69)46(36)59(63,4)5)82-55(75)49(47(39-21-11-8-12-22-39)68-53(73)40-23-13-9-14-24-40)83-58(77)81-42-27-17-18-29-60(6,30-28-42)56(76)66-31-19-20-32-67-57(64)65/h8-17,21-27,42-45,47-50,52,71,78H,18-20,28-35H2,1-7H3,(H,66,76)(H,68,73)(H4,64,65,67)/b27-17+/t42-,43-,44-,45?,47-,48+,49+,50-,52-,60+,61+,62-,63+/m0/s1. The van der Waals surface area contributed by atoms with E-state index >= 15 is 9.59 Å². The van der Waals surface area contributed by atoms with E-state index in [0.29, 0.717) is 38.8 Å². The van der Waals surface area contributed by atoms with Gasteiger partial charge < -0.3 is 65.5 Å². The molecular formula is C63H77N5O17. The number of hydrogen-bond donors (Lipinski definition) is 6. The van der Waals surface area contributed by atoms with Crippen LogP contribution in [0.1, 0.15) is 132 Å². The number of hydrogen-bond acceptors (Lipinski definition) is 18. The van der Waals surface area contributed by atoms with E-state index < -0.39 is 130 Å². The lowest BCUT2D eigenvalue weighted by atomic mass is 9.44. The molecule has 0 spiro atoms. The molecule has 22 heteroatoms. The number of guanidine groups is 1. The number of rotatable bonds is 18. The molecule has 3 fully saturated rings. The van der Waals surface area contributed by atoms with Gasteiger partial charge in [0, 0.05) is 56.2 Å². The Labute approximate surface area is 493 Å². The van der Waals surface area contributed by atoms with Crippen LogP contribution in [-0.4, -0.2) is 137 Å². The quantitative estimate of drug-likeness (QED) is 0.0226. The molecule has 0 radical (unpaired) electrons. The van der Waals surface area contributed by atoms with Crippen molar-refractivity contribution >= 4 is 53.6 Å². The van der Waals surface area contributed by atoms with Gasteiger partial charge in [-0.15, -0.1) is 0 Å². The van der Waals surface area contributed by atoms with Crippen molar-refractivity contribution in [2.75, 3.05) is 19.7 Å². The number of unbranched alkanes of at least 4 members (excludes halogenated alkanes) is 1. The monoisotopic (exact) mass is 1180 g/mol. The van der Waals surface area contributed by atoms with Crippen LogP contribution in [-0.2, 0) is 57.1 Å². The fourth-order valence-electron chi connectivity index (χ4n) is 13.1. The Hall–Kier alpha value is -7.95.